The molecule has 1 fully saturated rings. The number of rotatable bonds is 4. The minimum atomic E-state index is -0.0103. The van der Waals surface area contributed by atoms with Crippen molar-refractivity contribution in [2.75, 3.05) is 37.1 Å². The fourth-order valence-electron chi connectivity index (χ4n) is 3.49. The van der Waals surface area contributed by atoms with E-state index in [1.807, 2.05) is 23.1 Å². The van der Waals surface area contributed by atoms with Crippen molar-refractivity contribution in [3.05, 3.63) is 48.0 Å². The zero-order valence-electron chi connectivity index (χ0n) is 14.6. The van der Waals surface area contributed by atoms with Crippen molar-refractivity contribution in [3.8, 4) is 11.5 Å². The molecule has 0 spiro atoms. The third kappa shape index (κ3) is 2.80. The first-order valence-corrected chi connectivity index (χ1v) is 8.62. The summed E-state index contributed by atoms with van der Waals surface area (Å²) in [5.74, 6) is 1.18. The molecule has 1 amide bonds. The lowest BCUT2D eigenvalue weighted by atomic mass is 10.1. The fraction of sp³-hybridized carbons (Fsp3) is 0.350. The van der Waals surface area contributed by atoms with Crippen LogP contribution < -0.4 is 19.3 Å². The Morgan fingerprint density at radius 3 is 2.36 bits per heavy atom. The second-order valence-electron chi connectivity index (χ2n) is 6.44. The van der Waals surface area contributed by atoms with Gasteiger partial charge in [-0.3, -0.25) is 4.79 Å². The molecule has 0 saturated heterocycles. The number of fused-ring (bicyclic) bond motifs is 1. The number of methoxy groups -OCH3 is 2. The minimum absolute atomic E-state index is 0.0103. The van der Waals surface area contributed by atoms with Gasteiger partial charge in [-0.2, -0.15) is 0 Å². The summed E-state index contributed by atoms with van der Waals surface area (Å²) in [6.07, 6.45) is 2.50. The van der Waals surface area contributed by atoms with Crippen molar-refractivity contribution < 1.29 is 14.3 Å². The van der Waals surface area contributed by atoms with Gasteiger partial charge in [-0.05, 0) is 43.2 Å². The molecule has 2 aromatic rings. The molecule has 1 aliphatic carbocycles. The van der Waals surface area contributed by atoms with Crippen LogP contribution in [0.4, 0.5) is 11.4 Å². The zero-order chi connectivity index (χ0) is 17.4. The number of benzene rings is 2. The predicted octanol–water partition coefficient (Wildman–Crippen LogP) is 3.33. The topological polar surface area (TPSA) is 42.0 Å². The average Bonchev–Trinajstić information content (AvgIpc) is 3.51. The van der Waals surface area contributed by atoms with E-state index in [0.717, 1.165) is 17.9 Å². The van der Waals surface area contributed by atoms with Crippen LogP contribution in [0.5, 0.6) is 11.5 Å². The summed E-state index contributed by atoms with van der Waals surface area (Å²) >= 11 is 0. The Bertz CT molecular complexity index is 801. The Hall–Kier alpha value is -2.69. The lowest BCUT2D eigenvalue weighted by Gasteiger charge is -2.38. The number of anilines is 2. The Morgan fingerprint density at radius 2 is 1.68 bits per heavy atom. The van der Waals surface area contributed by atoms with E-state index >= 15 is 0 Å². The molecule has 25 heavy (non-hydrogen) atoms. The van der Waals surface area contributed by atoms with Crippen LogP contribution >= 0.6 is 0 Å². The highest BCUT2D eigenvalue weighted by atomic mass is 16.5. The molecule has 0 unspecified atom stereocenters. The van der Waals surface area contributed by atoms with Gasteiger partial charge in [0, 0.05) is 24.7 Å². The molecule has 2 aliphatic rings. The number of carbonyl (C=O) groups excluding carboxylic acids is 1. The molecule has 1 heterocycles. The monoisotopic (exact) mass is 338 g/mol. The first kappa shape index (κ1) is 15.8. The van der Waals surface area contributed by atoms with Gasteiger partial charge in [-0.15, -0.1) is 0 Å². The molecule has 5 nitrogen and oxygen atoms in total. The first-order valence-electron chi connectivity index (χ1n) is 8.62. The maximum atomic E-state index is 13.1. The Kier molecular flexibility index (Phi) is 3.99. The second-order valence-corrected chi connectivity index (χ2v) is 6.44. The van der Waals surface area contributed by atoms with Crippen LogP contribution in [0.15, 0.2) is 42.5 Å². The standard InChI is InChI=1S/C20H22N2O3/c1-24-18-10-7-14(13-19(18)25-2)20(23)22-12-11-21(15-8-9-15)16-5-3-4-6-17(16)22/h3-7,10,13,15H,8-9,11-12H2,1-2H3. The van der Waals surface area contributed by atoms with Gasteiger partial charge in [0.2, 0.25) is 0 Å². The smallest absolute Gasteiger partial charge is 0.258 e. The molecule has 1 saturated carbocycles. The third-order valence-electron chi connectivity index (χ3n) is 4.91. The maximum Gasteiger partial charge on any atom is 0.258 e. The normalized spacial score (nSPS) is 16.4. The number of carbonyl (C=O) groups is 1. The Balaban J connectivity index is 1.67. The number of hydrogen-bond acceptors (Lipinski definition) is 4. The molecule has 0 N–H and O–H groups in total. The Labute approximate surface area is 147 Å². The van der Waals surface area contributed by atoms with E-state index in [9.17, 15) is 4.79 Å². The molecule has 0 aromatic heterocycles. The van der Waals surface area contributed by atoms with Crippen molar-refractivity contribution in [2.45, 2.75) is 18.9 Å². The molecule has 0 radical (unpaired) electrons. The molecule has 130 valence electrons. The van der Waals surface area contributed by atoms with E-state index in [-0.39, 0.29) is 5.91 Å². The summed E-state index contributed by atoms with van der Waals surface area (Å²) in [5.41, 5.74) is 2.75. The third-order valence-corrected chi connectivity index (χ3v) is 4.91. The number of nitrogens with zero attached hydrogens (tertiary/aromatic N) is 2. The van der Waals surface area contributed by atoms with E-state index in [0.29, 0.717) is 29.6 Å². The molecule has 4 rings (SSSR count). The number of para-hydroxylation sites is 2. The van der Waals surface area contributed by atoms with E-state index in [2.05, 4.69) is 11.0 Å². The van der Waals surface area contributed by atoms with E-state index in [1.165, 1.54) is 12.8 Å². The average molecular weight is 338 g/mol. The second kappa shape index (κ2) is 6.31. The maximum absolute atomic E-state index is 13.1. The van der Waals surface area contributed by atoms with Crippen LogP contribution in [0, 0.1) is 0 Å². The number of ether oxygens (including phenoxy) is 2. The summed E-state index contributed by atoms with van der Waals surface area (Å²) in [6, 6.07) is 14.1. The van der Waals surface area contributed by atoms with Crippen LogP contribution in [0.1, 0.15) is 23.2 Å². The highest BCUT2D eigenvalue weighted by molar-refractivity contribution is 6.08. The Morgan fingerprint density at radius 1 is 0.960 bits per heavy atom. The van der Waals surface area contributed by atoms with Crippen LogP contribution in [0.3, 0.4) is 0 Å². The van der Waals surface area contributed by atoms with Gasteiger partial charge in [0.05, 0.1) is 25.6 Å². The van der Waals surface area contributed by atoms with Crippen molar-refractivity contribution >= 4 is 17.3 Å². The minimum Gasteiger partial charge on any atom is -0.493 e. The van der Waals surface area contributed by atoms with Crippen LogP contribution in [-0.2, 0) is 0 Å². The highest BCUT2D eigenvalue weighted by Crippen LogP contribution is 2.40. The number of amides is 1. The summed E-state index contributed by atoms with van der Waals surface area (Å²) in [4.78, 5) is 17.4. The molecular weight excluding hydrogens is 316 g/mol. The molecule has 0 bridgehead atoms. The number of hydrogen-bond donors (Lipinski definition) is 0. The van der Waals surface area contributed by atoms with E-state index in [1.54, 1.807) is 32.4 Å². The molecule has 1 aliphatic heterocycles. The molecule has 5 heteroatoms. The van der Waals surface area contributed by atoms with Gasteiger partial charge in [0.25, 0.3) is 5.91 Å². The largest absolute Gasteiger partial charge is 0.493 e. The summed E-state index contributed by atoms with van der Waals surface area (Å²) in [7, 11) is 3.17. The van der Waals surface area contributed by atoms with Gasteiger partial charge in [-0.1, -0.05) is 12.1 Å². The van der Waals surface area contributed by atoms with Gasteiger partial charge >= 0.3 is 0 Å². The van der Waals surface area contributed by atoms with Crippen molar-refractivity contribution in [2.24, 2.45) is 0 Å². The van der Waals surface area contributed by atoms with Crippen molar-refractivity contribution in [1.82, 2.24) is 0 Å². The van der Waals surface area contributed by atoms with Crippen molar-refractivity contribution in [1.29, 1.82) is 0 Å². The van der Waals surface area contributed by atoms with E-state index in [4.69, 9.17) is 9.47 Å². The molecular formula is C20H22N2O3. The summed E-state index contributed by atoms with van der Waals surface area (Å²) in [5, 5.41) is 0. The SMILES string of the molecule is COc1ccc(C(=O)N2CCN(C3CC3)c3ccccc32)cc1OC. The molecule has 2 aromatic carbocycles. The van der Waals surface area contributed by atoms with Crippen molar-refractivity contribution in [3.63, 3.8) is 0 Å². The quantitative estimate of drug-likeness (QED) is 0.857. The van der Waals surface area contributed by atoms with Crippen LogP contribution in [-0.4, -0.2) is 39.3 Å². The zero-order valence-corrected chi connectivity index (χ0v) is 14.6. The van der Waals surface area contributed by atoms with Crippen LogP contribution in [0.25, 0.3) is 0 Å². The van der Waals surface area contributed by atoms with Gasteiger partial charge in [0.15, 0.2) is 11.5 Å². The van der Waals surface area contributed by atoms with Crippen LogP contribution in [0.2, 0.25) is 0 Å². The highest BCUT2D eigenvalue weighted by Gasteiger charge is 2.35. The first-order chi connectivity index (χ1) is 12.2. The fourth-order valence-corrected chi connectivity index (χ4v) is 3.49. The van der Waals surface area contributed by atoms with Gasteiger partial charge < -0.3 is 19.3 Å². The molecule has 0 atom stereocenters. The van der Waals surface area contributed by atoms with Gasteiger partial charge in [-0.25, -0.2) is 0 Å². The predicted molar refractivity (Wildman–Crippen MR) is 98.0 cm³/mol. The summed E-state index contributed by atoms with van der Waals surface area (Å²) in [6.45, 7) is 1.57. The van der Waals surface area contributed by atoms with Gasteiger partial charge in [0.1, 0.15) is 0 Å². The lowest BCUT2D eigenvalue weighted by molar-refractivity contribution is 0.0986. The lowest BCUT2D eigenvalue weighted by Crippen LogP contribution is -2.45. The summed E-state index contributed by atoms with van der Waals surface area (Å²) < 4.78 is 10.6. The van der Waals surface area contributed by atoms with E-state index < -0.39 is 0 Å².